The Kier molecular flexibility index (Phi) is 3.56. The molecule has 2 N–H and O–H groups in total. The molecule has 2 rings (SSSR count). The summed E-state index contributed by atoms with van der Waals surface area (Å²) in [5.74, 6) is 0. The molecule has 0 fully saturated rings. The third-order valence-corrected chi connectivity index (χ3v) is 5.04. The Bertz CT molecular complexity index is 437. The summed E-state index contributed by atoms with van der Waals surface area (Å²) in [7, 11) is 0. The topological polar surface area (TPSA) is 48.1 Å². The molecule has 1 aliphatic carbocycles. The fourth-order valence-electron chi connectivity index (χ4n) is 2.67. The zero-order valence-electron chi connectivity index (χ0n) is 12.0. The first-order chi connectivity index (χ1) is 8.25. The van der Waals surface area contributed by atoms with Gasteiger partial charge in [-0.3, -0.25) is 0 Å². The molecule has 1 atom stereocenters. The van der Waals surface area contributed by atoms with Crippen LogP contribution in [0.2, 0.25) is 0 Å². The molecule has 0 aliphatic heterocycles. The van der Waals surface area contributed by atoms with Crippen molar-refractivity contribution in [1.82, 2.24) is 4.98 Å². The fraction of sp³-hybridized carbons (Fsp3) is 0.786. The molecule has 1 heterocycles. The summed E-state index contributed by atoms with van der Waals surface area (Å²) in [6.07, 6.45) is 2.06. The summed E-state index contributed by atoms with van der Waals surface area (Å²) in [5, 5.41) is 1.06. The van der Waals surface area contributed by atoms with Crippen LogP contribution >= 0.6 is 11.3 Å². The van der Waals surface area contributed by atoms with E-state index in [9.17, 15) is 0 Å². The van der Waals surface area contributed by atoms with Crippen LogP contribution in [0.25, 0.3) is 0 Å². The van der Waals surface area contributed by atoms with E-state index in [0.717, 1.165) is 17.8 Å². The van der Waals surface area contributed by atoms with Gasteiger partial charge in [0.1, 0.15) is 10.6 Å². The van der Waals surface area contributed by atoms with E-state index in [1.165, 1.54) is 10.6 Å². The van der Waals surface area contributed by atoms with E-state index in [1.807, 2.05) is 6.92 Å². The van der Waals surface area contributed by atoms with Gasteiger partial charge in [0.05, 0.1) is 5.69 Å². The van der Waals surface area contributed by atoms with Crippen molar-refractivity contribution < 1.29 is 4.74 Å². The Morgan fingerprint density at radius 3 is 2.78 bits per heavy atom. The van der Waals surface area contributed by atoms with Crippen LogP contribution in [0.3, 0.4) is 0 Å². The van der Waals surface area contributed by atoms with E-state index in [4.69, 9.17) is 15.5 Å². The van der Waals surface area contributed by atoms with Gasteiger partial charge in [0, 0.05) is 17.5 Å². The van der Waals surface area contributed by atoms with Crippen molar-refractivity contribution in [2.45, 2.75) is 59.1 Å². The molecule has 102 valence electrons. The number of aromatic nitrogens is 1. The molecule has 18 heavy (non-hydrogen) atoms. The second-order valence-electron chi connectivity index (χ2n) is 6.42. The summed E-state index contributed by atoms with van der Waals surface area (Å²) in [6.45, 7) is 11.4. The van der Waals surface area contributed by atoms with Gasteiger partial charge >= 0.3 is 0 Å². The minimum Gasteiger partial charge on any atom is -0.369 e. The van der Waals surface area contributed by atoms with Crippen molar-refractivity contribution in [3.05, 3.63) is 15.6 Å². The first kappa shape index (κ1) is 14.0. The van der Waals surface area contributed by atoms with Crippen molar-refractivity contribution >= 4 is 11.3 Å². The lowest BCUT2D eigenvalue weighted by molar-refractivity contribution is -0.0142. The molecular formula is C14H24N2OS. The van der Waals surface area contributed by atoms with E-state index < -0.39 is 0 Å². The van der Waals surface area contributed by atoms with E-state index in [-0.39, 0.29) is 17.1 Å². The number of nitrogens with two attached hydrogens (primary N) is 1. The lowest BCUT2D eigenvalue weighted by Crippen LogP contribution is -2.28. The van der Waals surface area contributed by atoms with Crippen LogP contribution in [0.5, 0.6) is 0 Å². The number of hydrogen-bond donors (Lipinski definition) is 1. The molecule has 0 radical (unpaired) electrons. The van der Waals surface area contributed by atoms with E-state index in [2.05, 4.69) is 27.7 Å². The molecule has 0 saturated heterocycles. The third kappa shape index (κ3) is 2.60. The normalized spacial score (nSPS) is 22.9. The number of hydrogen-bond acceptors (Lipinski definition) is 4. The SMILES string of the molecule is CCOC(C)(C)c1nc2c(s1)C(N)CC(C)(C)C2. The second-order valence-corrected chi connectivity index (χ2v) is 7.46. The highest BCUT2D eigenvalue weighted by Crippen LogP contribution is 2.43. The van der Waals surface area contributed by atoms with Crippen LogP contribution in [0.4, 0.5) is 0 Å². The average molecular weight is 268 g/mol. The van der Waals surface area contributed by atoms with Gasteiger partial charge in [-0.15, -0.1) is 11.3 Å². The molecule has 1 aromatic rings. The monoisotopic (exact) mass is 268 g/mol. The van der Waals surface area contributed by atoms with Crippen molar-refractivity contribution in [3.8, 4) is 0 Å². The standard InChI is InChI=1S/C14H24N2OS/c1-6-17-14(4,5)12-16-10-8-13(2,3)7-9(15)11(10)18-12/h9H,6-8,15H2,1-5H3. The maximum absolute atomic E-state index is 6.28. The minimum atomic E-state index is -0.305. The number of thiazole rings is 1. The van der Waals surface area contributed by atoms with Crippen LogP contribution in [0.15, 0.2) is 0 Å². The van der Waals surface area contributed by atoms with Gasteiger partial charge in [-0.25, -0.2) is 4.98 Å². The lowest BCUT2D eigenvalue weighted by atomic mass is 9.77. The van der Waals surface area contributed by atoms with Gasteiger partial charge in [-0.2, -0.15) is 0 Å². The molecule has 0 aromatic carbocycles. The van der Waals surface area contributed by atoms with Crippen LogP contribution in [-0.2, 0) is 16.8 Å². The number of ether oxygens (including phenoxy) is 1. The van der Waals surface area contributed by atoms with Gasteiger partial charge in [0.15, 0.2) is 0 Å². The summed E-state index contributed by atoms with van der Waals surface area (Å²) in [5.41, 5.74) is 7.42. The van der Waals surface area contributed by atoms with Gasteiger partial charge in [-0.1, -0.05) is 13.8 Å². The predicted molar refractivity (Wildman–Crippen MR) is 75.8 cm³/mol. The molecule has 0 amide bonds. The van der Waals surface area contributed by atoms with E-state index in [0.29, 0.717) is 6.61 Å². The lowest BCUT2D eigenvalue weighted by Gasteiger charge is -2.32. The first-order valence-corrected chi connectivity index (χ1v) is 7.46. The van der Waals surface area contributed by atoms with Crippen LogP contribution < -0.4 is 5.73 Å². The number of rotatable bonds is 3. The minimum absolute atomic E-state index is 0.132. The fourth-order valence-corrected chi connectivity index (χ4v) is 3.81. The van der Waals surface area contributed by atoms with E-state index in [1.54, 1.807) is 11.3 Å². The first-order valence-electron chi connectivity index (χ1n) is 6.65. The third-order valence-electron chi connectivity index (χ3n) is 3.50. The molecule has 0 bridgehead atoms. The molecule has 3 nitrogen and oxygen atoms in total. The van der Waals surface area contributed by atoms with E-state index >= 15 is 0 Å². The zero-order chi connectivity index (χ0) is 13.6. The summed E-state index contributed by atoms with van der Waals surface area (Å²) in [6, 6.07) is 0.132. The second kappa shape index (κ2) is 4.58. The summed E-state index contributed by atoms with van der Waals surface area (Å²) >= 11 is 1.73. The Balaban J connectivity index is 2.34. The van der Waals surface area contributed by atoms with Crippen molar-refractivity contribution in [2.24, 2.45) is 11.1 Å². The van der Waals surface area contributed by atoms with Crippen molar-refractivity contribution in [1.29, 1.82) is 0 Å². The van der Waals surface area contributed by atoms with Crippen LogP contribution in [0.1, 0.15) is 62.7 Å². The average Bonchev–Trinajstić information content (AvgIpc) is 2.60. The molecule has 0 saturated carbocycles. The molecule has 1 unspecified atom stereocenters. The number of nitrogens with zero attached hydrogens (tertiary/aromatic N) is 1. The Morgan fingerprint density at radius 1 is 1.50 bits per heavy atom. The highest BCUT2D eigenvalue weighted by atomic mass is 32.1. The quantitative estimate of drug-likeness (QED) is 0.914. The van der Waals surface area contributed by atoms with Gasteiger partial charge in [0.25, 0.3) is 0 Å². The maximum atomic E-state index is 6.28. The molecule has 0 spiro atoms. The molecular weight excluding hydrogens is 244 g/mol. The van der Waals surface area contributed by atoms with Crippen molar-refractivity contribution in [2.75, 3.05) is 6.61 Å². The smallest absolute Gasteiger partial charge is 0.125 e. The van der Waals surface area contributed by atoms with Crippen LogP contribution in [-0.4, -0.2) is 11.6 Å². The van der Waals surface area contributed by atoms with Gasteiger partial charge in [-0.05, 0) is 39.0 Å². The van der Waals surface area contributed by atoms with Crippen molar-refractivity contribution in [3.63, 3.8) is 0 Å². The highest BCUT2D eigenvalue weighted by molar-refractivity contribution is 7.12. The van der Waals surface area contributed by atoms with Gasteiger partial charge < -0.3 is 10.5 Å². The summed E-state index contributed by atoms with van der Waals surface area (Å²) < 4.78 is 5.79. The predicted octanol–water partition coefficient (Wildman–Crippen LogP) is 3.39. The maximum Gasteiger partial charge on any atom is 0.125 e. The largest absolute Gasteiger partial charge is 0.369 e. The molecule has 1 aliphatic rings. The van der Waals surface area contributed by atoms with Crippen LogP contribution in [0, 0.1) is 5.41 Å². The highest BCUT2D eigenvalue weighted by Gasteiger charge is 2.35. The Morgan fingerprint density at radius 2 is 2.17 bits per heavy atom. The Labute approximate surface area is 114 Å². The summed E-state index contributed by atoms with van der Waals surface area (Å²) in [4.78, 5) is 6.06. The molecule has 1 aromatic heterocycles. The Hall–Kier alpha value is -0.450. The molecule has 4 heteroatoms. The number of fused-ring (bicyclic) bond motifs is 1. The zero-order valence-corrected chi connectivity index (χ0v) is 12.9. The van der Waals surface area contributed by atoms with Gasteiger partial charge in [0.2, 0.25) is 0 Å².